The molecule has 19 heavy (non-hydrogen) atoms. The molecule has 1 fully saturated rings. The van der Waals surface area contributed by atoms with Crippen LogP contribution in [0.1, 0.15) is 6.42 Å². The van der Waals surface area contributed by atoms with Crippen molar-refractivity contribution in [2.45, 2.75) is 18.5 Å². The highest BCUT2D eigenvalue weighted by Gasteiger charge is 2.33. The summed E-state index contributed by atoms with van der Waals surface area (Å²) in [5.41, 5.74) is 6.64. The Labute approximate surface area is 109 Å². The summed E-state index contributed by atoms with van der Waals surface area (Å²) >= 11 is 0. The molecule has 1 saturated heterocycles. The van der Waals surface area contributed by atoms with Crippen molar-refractivity contribution >= 4 is 17.5 Å². The SMILES string of the molecule is Nc1cc(F)ccc1N1CC(NC(=O)O)CC1CO. The Balaban J connectivity index is 2.20. The Morgan fingerprint density at radius 3 is 2.89 bits per heavy atom. The van der Waals surface area contributed by atoms with Crippen molar-refractivity contribution in [3.8, 4) is 0 Å². The van der Waals surface area contributed by atoms with Gasteiger partial charge in [0.1, 0.15) is 5.82 Å². The molecule has 1 heterocycles. The van der Waals surface area contributed by atoms with Gasteiger partial charge in [0.2, 0.25) is 0 Å². The number of aliphatic hydroxyl groups excluding tert-OH is 1. The van der Waals surface area contributed by atoms with Gasteiger partial charge in [-0.05, 0) is 24.6 Å². The molecule has 6 nitrogen and oxygen atoms in total. The highest BCUT2D eigenvalue weighted by Crippen LogP contribution is 2.30. The van der Waals surface area contributed by atoms with Crippen LogP contribution in [0.25, 0.3) is 0 Å². The zero-order valence-corrected chi connectivity index (χ0v) is 10.2. The number of rotatable bonds is 3. The first-order valence-electron chi connectivity index (χ1n) is 5.93. The molecule has 1 amide bonds. The first-order valence-corrected chi connectivity index (χ1v) is 5.93. The number of hydrogen-bond donors (Lipinski definition) is 4. The number of amides is 1. The van der Waals surface area contributed by atoms with E-state index >= 15 is 0 Å². The minimum absolute atomic E-state index is 0.116. The van der Waals surface area contributed by atoms with Gasteiger partial charge in [0.25, 0.3) is 0 Å². The monoisotopic (exact) mass is 269 g/mol. The number of carbonyl (C=O) groups is 1. The average molecular weight is 269 g/mol. The van der Waals surface area contributed by atoms with Crippen LogP contribution < -0.4 is 16.0 Å². The first-order chi connectivity index (χ1) is 9.01. The third-order valence-electron chi connectivity index (χ3n) is 3.25. The molecule has 1 aromatic rings. The van der Waals surface area contributed by atoms with E-state index in [1.807, 2.05) is 0 Å². The van der Waals surface area contributed by atoms with E-state index in [4.69, 9.17) is 10.8 Å². The van der Waals surface area contributed by atoms with E-state index in [0.29, 0.717) is 18.7 Å². The van der Waals surface area contributed by atoms with Gasteiger partial charge in [0.15, 0.2) is 0 Å². The van der Waals surface area contributed by atoms with E-state index in [1.54, 1.807) is 4.90 Å². The third kappa shape index (κ3) is 2.87. The molecular formula is C12H16FN3O3. The molecule has 1 aliphatic rings. The molecular weight excluding hydrogens is 253 g/mol. The summed E-state index contributed by atoms with van der Waals surface area (Å²) < 4.78 is 13.0. The molecule has 2 atom stereocenters. The molecule has 2 rings (SSSR count). The van der Waals surface area contributed by atoms with Crippen molar-refractivity contribution in [3.05, 3.63) is 24.0 Å². The standard InChI is InChI=1S/C12H16FN3O3/c13-7-1-2-11(10(14)3-7)16-5-8(15-12(18)19)4-9(16)6-17/h1-3,8-9,15,17H,4-6,14H2,(H,18,19). The highest BCUT2D eigenvalue weighted by molar-refractivity contribution is 5.69. The number of nitrogens with zero attached hydrogens (tertiary/aromatic N) is 1. The van der Waals surface area contributed by atoms with Gasteiger partial charge >= 0.3 is 6.09 Å². The number of aliphatic hydroxyl groups is 1. The predicted octanol–water partition coefficient (Wildman–Crippen LogP) is 0.615. The fourth-order valence-corrected chi connectivity index (χ4v) is 2.45. The topological polar surface area (TPSA) is 98.8 Å². The number of nitrogens with one attached hydrogen (secondary N) is 1. The summed E-state index contributed by atoms with van der Waals surface area (Å²) in [6.07, 6.45) is -0.616. The maximum absolute atomic E-state index is 13.0. The molecule has 2 unspecified atom stereocenters. The lowest BCUT2D eigenvalue weighted by atomic mass is 10.2. The van der Waals surface area contributed by atoms with Gasteiger partial charge in [-0.2, -0.15) is 0 Å². The van der Waals surface area contributed by atoms with Crippen molar-refractivity contribution in [3.63, 3.8) is 0 Å². The van der Waals surface area contributed by atoms with E-state index < -0.39 is 11.9 Å². The maximum Gasteiger partial charge on any atom is 0.404 e. The molecule has 1 aromatic carbocycles. The maximum atomic E-state index is 13.0. The normalized spacial score (nSPS) is 22.5. The van der Waals surface area contributed by atoms with Crippen LogP contribution in [0.2, 0.25) is 0 Å². The third-order valence-corrected chi connectivity index (χ3v) is 3.25. The van der Waals surface area contributed by atoms with Crippen LogP contribution >= 0.6 is 0 Å². The lowest BCUT2D eigenvalue weighted by Crippen LogP contribution is -2.36. The lowest BCUT2D eigenvalue weighted by molar-refractivity contribution is 0.190. The average Bonchev–Trinajstić information content (AvgIpc) is 2.71. The fraction of sp³-hybridized carbons (Fsp3) is 0.417. The molecule has 1 aliphatic heterocycles. The number of hydrogen-bond acceptors (Lipinski definition) is 4. The quantitative estimate of drug-likeness (QED) is 0.603. The Morgan fingerprint density at radius 2 is 2.32 bits per heavy atom. The Hall–Kier alpha value is -2.02. The highest BCUT2D eigenvalue weighted by atomic mass is 19.1. The molecule has 0 bridgehead atoms. The Bertz CT molecular complexity index is 483. The lowest BCUT2D eigenvalue weighted by Gasteiger charge is -2.26. The van der Waals surface area contributed by atoms with E-state index in [2.05, 4.69) is 5.32 Å². The van der Waals surface area contributed by atoms with Gasteiger partial charge in [0, 0.05) is 6.54 Å². The molecule has 0 radical (unpaired) electrons. The number of nitrogens with two attached hydrogens (primary N) is 1. The summed E-state index contributed by atoms with van der Waals surface area (Å²) in [5, 5.41) is 20.5. The summed E-state index contributed by atoms with van der Waals surface area (Å²) in [4.78, 5) is 12.4. The van der Waals surface area contributed by atoms with E-state index in [0.717, 1.165) is 0 Å². The fourth-order valence-electron chi connectivity index (χ4n) is 2.45. The number of nitrogen functional groups attached to an aromatic ring is 1. The minimum atomic E-state index is -1.10. The van der Waals surface area contributed by atoms with Crippen molar-refractivity contribution in [2.24, 2.45) is 0 Å². The van der Waals surface area contributed by atoms with Gasteiger partial charge in [-0.25, -0.2) is 9.18 Å². The second kappa shape index (κ2) is 5.31. The summed E-state index contributed by atoms with van der Waals surface area (Å²) in [7, 11) is 0. The second-order valence-electron chi connectivity index (χ2n) is 4.57. The van der Waals surface area contributed by atoms with Crippen molar-refractivity contribution < 1.29 is 19.4 Å². The van der Waals surface area contributed by atoms with Crippen LogP contribution in [0.5, 0.6) is 0 Å². The van der Waals surface area contributed by atoms with Crippen LogP contribution in [0, 0.1) is 5.82 Å². The van der Waals surface area contributed by atoms with Gasteiger partial charge in [0.05, 0.1) is 30.1 Å². The van der Waals surface area contributed by atoms with Gasteiger partial charge in [-0.1, -0.05) is 0 Å². The Morgan fingerprint density at radius 1 is 1.58 bits per heavy atom. The molecule has 0 saturated carbocycles. The molecule has 7 heteroatoms. The molecule has 0 spiro atoms. The van der Waals surface area contributed by atoms with Gasteiger partial charge < -0.3 is 26.2 Å². The largest absolute Gasteiger partial charge is 0.465 e. The molecule has 0 aliphatic carbocycles. The van der Waals surface area contributed by atoms with E-state index in [-0.39, 0.29) is 24.4 Å². The van der Waals surface area contributed by atoms with Crippen LogP contribution in [0.4, 0.5) is 20.6 Å². The Kier molecular flexibility index (Phi) is 3.75. The summed E-state index contributed by atoms with van der Waals surface area (Å²) in [6.45, 7) is 0.280. The zero-order chi connectivity index (χ0) is 14.0. The zero-order valence-electron chi connectivity index (χ0n) is 10.2. The van der Waals surface area contributed by atoms with E-state index in [1.165, 1.54) is 18.2 Å². The molecule has 5 N–H and O–H groups in total. The van der Waals surface area contributed by atoms with Crippen molar-refractivity contribution in [2.75, 3.05) is 23.8 Å². The second-order valence-corrected chi connectivity index (χ2v) is 4.57. The van der Waals surface area contributed by atoms with Gasteiger partial charge in [-0.3, -0.25) is 0 Å². The van der Waals surface area contributed by atoms with Crippen LogP contribution in [0.3, 0.4) is 0 Å². The predicted molar refractivity (Wildman–Crippen MR) is 68.6 cm³/mol. The number of halogens is 1. The summed E-state index contributed by atoms with van der Waals surface area (Å²) in [5.74, 6) is -0.429. The molecule has 0 aromatic heterocycles. The minimum Gasteiger partial charge on any atom is -0.465 e. The number of benzene rings is 1. The number of carboxylic acid groups (broad SMARTS) is 1. The smallest absolute Gasteiger partial charge is 0.404 e. The first kappa shape index (κ1) is 13.4. The molecule has 104 valence electrons. The van der Waals surface area contributed by atoms with Crippen molar-refractivity contribution in [1.82, 2.24) is 5.32 Å². The number of anilines is 2. The summed E-state index contributed by atoms with van der Waals surface area (Å²) in [6, 6.07) is 3.53. The van der Waals surface area contributed by atoms with Crippen LogP contribution in [-0.2, 0) is 0 Å². The van der Waals surface area contributed by atoms with Gasteiger partial charge in [-0.15, -0.1) is 0 Å². The van der Waals surface area contributed by atoms with Crippen LogP contribution in [0.15, 0.2) is 18.2 Å². The van der Waals surface area contributed by atoms with Crippen molar-refractivity contribution in [1.29, 1.82) is 0 Å². The van der Waals surface area contributed by atoms with E-state index in [9.17, 15) is 14.3 Å². The van der Waals surface area contributed by atoms with Crippen LogP contribution in [-0.4, -0.2) is 41.5 Å².